The lowest BCUT2D eigenvalue weighted by atomic mass is 9.87. The van der Waals surface area contributed by atoms with Crippen LogP contribution in [0.15, 0.2) is 72.8 Å². The molecule has 4 rings (SSSR count). The molecule has 0 saturated carbocycles. The lowest BCUT2D eigenvalue weighted by Crippen LogP contribution is -2.26. The van der Waals surface area contributed by atoms with E-state index < -0.39 is 0 Å². The van der Waals surface area contributed by atoms with E-state index in [0.29, 0.717) is 25.1 Å². The van der Waals surface area contributed by atoms with Crippen LogP contribution in [0, 0.1) is 6.92 Å². The molecule has 1 amide bonds. The molecule has 0 aliphatic carbocycles. The van der Waals surface area contributed by atoms with Crippen LogP contribution in [0.3, 0.4) is 0 Å². The highest BCUT2D eigenvalue weighted by Crippen LogP contribution is 2.24. The predicted molar refractivity (Wildman–Crippen MR) is 142 cm³/mol. The van der Waals surface area contributed by atoms with E-state index in [-0.39, 0.29) is 11.3 Å². The summed E-state index contributed by atoms with van der Waals surface area (Å²) in [6.45, 7) is 10.6. The molecule has 0 bridgehead atoms. The second kappa shape index (κ2) is 10.8. The number of carbonyl (C=O) groups excluding carboxylic acids is 1. The van der Waals surface area contributed by atoms with E-state index in [1.54, 1.807) is 0 Å². The largest absolute Gasteiger partial charge is 0.494 e. The molecule has 0 atom stereocenters. The summed E-state index contributed by atoms with van der Waals surface area (Å²) in [5.41, 5.74) is 5.29. The van der Waals surface area contributed by atoms with Gasteiger partial charge in [0.1, 0.15) is 11.6 Å². The maximum atomic E-state index is 12.5. The van der Waals surface area contributed by atoms with Crippen molar-refractivity contribution in [2.75, 3.05) is 13.2 Å². The summed E-state index contributed by atoms with van der Waals surface area (Å²) in [4.78, 5) is 17.3. The SMILES string of the molecule is Cc1cccc(C(=O)NCCc2nc3ccccc3n2CCCOc2ccc(C(C)(C)C)cc2)c1. The number of nitrogens with one attached hydrogen (secondary N) is 1. The number of ether oxygens (including phenoxy) is 1. The van der Waals surface area contributed by atoms with Crippen molar-refractivity contribution >= 4 is 16.9 Å². The van der Waals surface area contributed by atoms with E-state index >= 15 is 0 Å². The monoisotopic (exact) mass is 469 g/mol. The van der Waals surface area contributed by atoms with Crippen molar-refractivity contribution in [3.63, 3.8) is 0 Å². The zero-order chi connectivity index (χ0) is 24.8. The third kappa shape index (κ3) is 6.30. The molecule has 0 spiro atoms. The topological polar surface area (TPSA) is 56.2 Å². The fourth-order valence-corrected chi connectivity index (χ4v) is 4.21. The van der Waals surface area contributed by atoms with Gasteiger partial charge in [0.25, 0.3) is 5.91 Å². The number of aromatic nitrogens is 2. The Morgan fingerprint density at radius 1 is 1.00 bits per heavy atom. The number of fused-ring (bicyclic) bond motifs is 1. The van der Waals surface area contributed by atoms with Crippen LogP contribution in [-0.4, -0.2) is 28.6 Å². The highest BCUT2D eigenvalue weighted by molar-refractivity contribution is 5.94. The molecule has 0 unspecified atom stereocenters. The number of hydrogen-bond acceptors (Lipinski definition) is 3. The normalized spacial score (nSPS) is 11.5. The first-order chi connectivity index (χ1) is 16.8. The molecule has 1 aromatic heterocycles. The first-order valence-electron chi connectivity index (χ1n) is 12.3. The van der Waals surface area contributed by atoms with Gasteiger partial charge in [-0.05, 0) is 60.7 Å². The van der Waals surface area contributed by atoms with Crippen molar-refractivity contribution in [2.45, 2.75) is 52.5 Å². The molecule has 3 aromatic carbocycles. The van der Waals surface area contributed by atoms with Gasteiger partial charge in [0, 0.05) is 25.1 Å². The van der Waals surface area contributed by atoms with Crippen LogP contribution in [-0.2, 0) is 18.4 Å². The molecule has 35 heavy (non-hydrogen) atoms. The average Bonchev–Trinajstić information content (AvgIpc) is 3.19. The molecule has 0 fully saturated rings. The van der Waals surface area contributed by atoms with Crippen LogP contribution in [0.5, 0.6) is 5.75 Å². The highest BCUT2D eigenvalue weighted by atomic mass is 16.5. The van der Waals surface area contributed by atoms with Crippen LogP contribution < -0.4 is 10.1 Å². The van der Waals surface area contributed by atoms with Crippen LogP contribution in [0.1, 0.15) is 54.5 Å². The van der Waals surface area contributed by atoms with E-state index in [1.807, 2.05) is 49.4 Å². The molecule has 0 aliphatic heterocycles. The summed E-state index contributed by atoms with van der Waals surface area (Å²) in [5, 5.41) is 3.03. The Kier molecular flexibility index (Phi) is 7.54. The van der Waals surface area contributed by atoms with Gasteiger partial charge >= 0.3 is 0 Å². The molecular formula is C30H35N3O2. The molecule has 0 radical (unpaired) electrons. The van der Waals surface area contributed by atoms with Gasteiger partial charge in [-0.2, -0.15) is 0 Å². The number of imidazole rings is 1. The summed E-state index contributed by atoms with van der Waals surface area (Å²) < 4.78 is 8.25. The van der Waals surface area contributed by atoms with Gasteiger partial charge in [-0.15, -0.1) is 0 Å². The van der Waals surface area contributed by atoms with Gasteiger partial charge in [0.05, 0.1) is 17.6 Å². The standard InChI is InChI=1S/C30H35N3O2/c1-22-9-7-10-23(21-22)29(34)31-18-17-28-32-26-11-5-6-12-27(26)33(28)19-8-20-35-25-15-13-24(14-16-25)30(2,3)4/h5-7,9-16,21H,8,17-20H2,1-4H3,(H,31,34). The summed E-state index contributed by atoms with van der Waals surface area (Å²) in [5.74, 6) is 1.82. The third-order valence-electron chi connectivity index (χ3n) is 6.16. The van der Waals surface area contributed by atoms with Crippen molar-refractivity contribution in [3.05, 3.63) is 95.3 Å². The molecule has 4 aromatic rings. The predicted octanol–water partition coefficient (Wildman–Crippen LogP) is 6.08. The molecule has 0 aliphatic rings. The second-order valence-electron chi connectivity index (χ2n) is 10.0. The maximum absolute atomic E-state index is 12.5. The van der Waals surface area contributed by atoms with Gasteiger partial charge < -0.3 is 14.6 Å². The summed E-state index contributed by atoms with van der Waals surface area (Å²) >= 11 is 0. The first kappa shape index (κ1) is 24.5. The zero-order valence-corrected chi connectivity index (χ0v) is 21.2. The van der Waals surface area contributed by atoms with E-state index in [1.165, 1.54) is 5.56 Å². The summed E-state index contributed by atoms with van der Waals surface area (Å²) in [6, 6.07) is 24.2. The van der Waals surface area contributed by atoms with Gasteiger partial charge in [-0.1, -0.05) is 62.7 Å². The summed E-state index contributed by atoms with van der Waals surface area (Å²) in [7, 11) is 0. The Bertz CT molecular complexity index is 1280. The lowest BCUT2D eigenvalue weighted by Gasteiger charge is -2.19. The number of para-hydroxylation sites is 2. The van der Waals surface area contributed by atoms with Gasteiger partial charge in [0.2, 0.25) is 0 Å². The minimum Gasteiger partial charge on any atom is -0.494 e. The van der Waals surface area contributed by atoms with E-state index in [9.17, 15) is 4.79 Å². The van der Waals surface area contributed by atoms with E-state index in [2.05, 4.69) is 61.0 Å². The van der Waals surface area contributed by atoms with E-state index in [0.717, 1.165) is 41.1 Å². The Balaban J connectivity index is 1.35. The molecular weight excluding hydrogens is 434 g/mol. The lowest BCUT2D eigenvalue weighted by molar-refractivity contribution is 0.0954. The number of benzene rings is 3. The molecule has 5 heteroatoms. The van der Waals surface area contributed by atoms with Crippen molar-refractivity contribution < 1.29 is 9.53 Å². The number of nitrogens with zero attached hydrogens (tertiary/aromatic N) is 2. The minimum absolute atomic E-state index is 0.0535. The van der Waals surface area contributed by atoms with Crippen molar-refractivity contribution in [3.8, 4) is 5.75 Å². The van der Waals surface area contributed by atoms with Gasteiger partial charge in [0.15, 0.2) is 0 Å². The number of carbonyl (C=O) groups is 1. The molecule has 5 nitrogen and oxygen atoms in total. The van der Waals surface area contributed by atoms with E-state index in [4.69, 9.17) is 9.72 Å². The Labute approximate surface area is 208 Å². The molecule has 1 heterocycles. The molecule has 0 saturated heterocycles. The second-order valence-corrected chi connectivity index (χ2v) is 10.0. The third-order valence-corrected chi connectivity index (χ3v) is 6.16. The van der Waals surface area contributed by atoms with Crippen LogP contribution in [0.25, 0.3) is 11.0 Å². The van der Waals surface area contributed by atoms with Crippen molar-refractivity contribution in [1.82, 2.24) is 14.9 Å². The zero-order valence-electron chi connectivity index (χ0n) is 21.2. The Morgan fingerprint density at radius 2 is 1.77 bits per heavy atom. The molecule has 1 N–H and O–H groups in total. The van der Waals surface area contributed by atoms with Crippen molar-refractivity contribution in [2.24, 2.45) is 0 Å². The highest BCUT2D eigenvalue weighted by Gasteiger charge is 2.14. The van der Waals surface area contributed by atoms with Gasteiger partial charge in [-0.25, -0.2) is 4.98 Å². The minimum atomic E-state index is -0.0535. The Morgan fingerprint density at radius 3 is 2.51 bits per heavy atom. The maximum Gasteiger partial charge on any atom is 0.251 e. The Hall–Kier alpha value is -3.60. The van der Waals surface area contributed by atoms with Crippen LogP contribution >= 0.6 is 0 Å². The average molecular weight is 470 g/mol. The quantitative estimate of drug-likeness (QED) is 0.302. The number of hydrogen-bond donors (Lipinski definition) is 1. The number of rotatable bonds is 9. The fourth-order valence-electron chi connectivity index (χ4n) is 4.21. The van der Waals surface area contributed by atoms with Gasteiger partial charge in [-0.3, -0.25) is 4.79 Å². The molecule has 182 valence electrons. The number of aryl methyl sites for hydroxylation is 2. The van der Waals surface area contributed by atoms with Crippen LogP contribution in [0.4, 0.5) is 0 Å². The number of amides is 1. The van der Waals surface area contributed by atoms with Crippen molar-refractivity contribution in [1.29, 1.82) is 0 Å². The smallest absolute Gasteiger partial charge is 0.251 e. The fraction of sp³-hybridized carbons (Fsp3) is 0.333. The first-order valence-corrected chi connectivity index (χ1v) is 12.3. The van der Waals surface area contributed by atoms with Crippen LogP contribution in [0.2, 0.25) is 0 Å². The summed E-state index contributed by atoms with van der Waals surface area (Å²) in [6.07, 6.45) is 1.53.